The monoisotopic (exact) mass is 256 g/mol. The molecule has 5 heteroatoms. The molecule has 0 aromatic heterocycles. The average Bonchev–Trinajstić information content (AvgIpc) is 2.29. The maximum Gasteiger partial charge on any atom is 0.335 e. The van der Waals surface area contributed by atoms with Crippen molar-refractivity contribution in [3.8, 4) is 0 Å². The second-order valence-electron chi connectivity index (χ2n) is 3.86. The molecular formula is C12H16O4S. The van der Waals surface area contributed by atoms with Gasteiger partial charge in [0.15, 0.2) is 9.84 Å². The molecule has 0 saturated carbocycles. The highest BCUT2D eigenvalue weighted by molar-refractivity contribution is 7.91. The lowest BCUT2D eigenvalue weighted by Crippen LogP contribution is -2.07. The van der Waals surface area contributed by atoms with E-state index in [0.717, 1.165) is 12.8 Å². The van der Waals surface area contributed by atoms with E-state index in [4.69, 9.17) is 5.11 Å². The molecule has 0 atom stereocenters. The third-order valence-corrected chi connectivity index (χ3v) is 4.29. The SMILES string of the molecule is CCCCCS(=O)(=O)c1ccc(C(=O)O)cc1. The molecule has 4 nitrogen and oxygen atoms in total. The lowest BCUT2D eigenvalue weighted by molar-refractivity contribution is 0.0697. The molecule has 0 aliphatic carbocycles. The zero-order valence-corrected chi connectivity index (χ0v) is 10.5. The molecule has 0 unspecified atom stereocenters. The molecule has 1 rings (SSSR count). The second kappa shape index (κ2) is 5.82. The van der Waals surface area contributed by atoms with Crippen LogP contribution in [0.2, 0.25) is 0 Å². The van der Waals surface area contributed by atoms with E-state index < -0.39 is 15.8 Å². The molecule has 0 amide bonds. The van der Waals surface area contributed by atoms with Crippen LogP contribution in [0, 0.1) is 0 Å². The van der Waals surface area contributed by atoms with Gasteiger partial charge in [-0.15, -0.1) is 0 Å². The van der Waals surface area contributed by atoms with Gasteiger partial charge in [-0.1, -0.05) is 19.8 Å². The molecule has 0 aliphatic heterocycles. The number of aromatic carboxylic acids is 1. The zero-order chi connectivity index (χ0) is 12.9. The van der Waals surface area contributed by atoms with E-state index in [9.17, 15) is 13.2 Å². The fourth-order valence-corrected chi connectivity index (χ4v) is 2.84. The van der Waals surface area contributed by atoms with Gasteiger partial charge in [0.1, 0.15) is 0 Å². The first-order chi connectivity index (χ1) is 7.97. The first kappa shape index (κ1) is 13.7. The molecule has 0 heterocycles. The quantitative estimate of drug-likeness (QED) is 0.793. The fraction of sp³-hybridized carbons (Fsp3) is 0.417. The van der Waals surface area contributed by atoms with Crippen molar-refractivity contribution in [1.29, 1.82) is 0 Å². The van der Waals surface area contributed by atoms with E-state index in [0.29, 0.717) is 6.42 Å². The Bertz CT molecular complexity index is 474. The summed E-state index contributed by atoms with van der Waals surface area (Å²) in [4.78, 5) is 10.8. The minimum atomic E-state index is -3.27. The first-order valence-corrected chi connectivity index (χ1v) is 7.18. The van der Waals surface area contributed by atoms with Gasteiger partial charge in [0.2, 0.25) is 0 Å². The van der Waals surface area contributed by atoms with Gasteiger partial charge in [-0.3, -0.25) is 0 Å². The van der Waals surface area contributed by atoms with Crippen LogP contribution in [0.5, 0.6) is 0 Å². The third kappa shape index (κ3) is 3.85. The molecule has 94 valence electrons. The third-order valence-electron chi connectivity index (χ3n) is 2.48. The number of carboxylic acid groups (broad SMARTS) is 1. The number of hydrogen-bond acceptors (Lipinski definition) is 3. The van der Waals surface area contributed by atoms with Crippen molar-refractivity contribution in [2.24, 2.45) is 0 Å². The van der Waals surface area contributed by atoms with Crippen LogP contribution in [0.4, 0.5) is 0 Å². The number of unbranched alkanes of at least 4 members (excludes halogenated alkanes) is 2. The standard InChI is InChI=1S/C12H16O4S/c1-2-3-4-9-17(15,16)11-7-5-10(6-8-11)12(13)14/h5-8H,2-4,9H2,1H3,(H,13,14). The number of hydrogen-bond donors (Lipinski definition) is 1. The van der Waals surface area contributed by atoms with Crippen LogP contribution < -0.4 is 0 Å². The Hall–Kier alpha value is -1.36. The topological polar surface area (TPSA) is 71.4 Å². The average molecular weight is 256 g/mol. The number of carboxylic acids is 1. The van der Waals surface area contributed by atoms with Crippen molar-refractivity contribution < 1.29 is 18.3 Å². The summed E-state index contributed by atoms with van der Waals surface area (Å²) in [5.41, 5.74) is 0.0949. The van der Waals surface area contributed by atoms with E-state index >= 15 is 0 Å². The van der Waals surface area contributed by atoms with Crippen LogP contribution >= 0.6 is 0 Å². The normalized spacial score (nSPS) is 11.4. The summed E-state index contributed by atoms with van der Waals surface area (Å²) in [6.07, 6.45) is 2.49. The second-order valence-corrected chi connectivity index (χ2v) is 5.96. The van der Waals surface area contributed by atoms with Gasteiger partial charge in [0, 0.05) is 0 Å². The number of sulfone groups is 1. The maximum absolute atomic E-state index is 11.8. The molecular weight excluding hydrogens is 240 g/mol. The highest BCUT2D eigenvalue weighted by Gasteiger charge is 2.14. The van der Waals surface area contributed by atoms with Gasteiger partial charge in [-0.05, 0) is 30.7 Å². The molecule has 0 radical (unpaired) electrons. The van der Waals surface area contributed by atoms with Crippen molar-refractivity contribution in [2.45, 2.75) is 31.1 Å². The van der Waals surface area contributed by atoms with E-state index in [2.05, 4.69) is 0 Å². The minimum absolute atomic E-state index is 0.0949. The lowest BCUT2D eigenvalue weighted by Gasteiger charge is -2.04. The summed E-state index contributed by atoms with van der Waals surface area (Å²) in [7, 11) is -3.27. The number of carbonyl (C=O) groups is 1. The Balaban J connectivity index is 2.81. The Labute approximate surface area is 101 Å². The van der Waals surface area contributed by atoms with Crippen molar-refractivity contribution in [3.63, 3.8) is 0 Å². The van der Waals surface area contributed by atoms with Crippen LogP contribution in [-0.4, -0.2) is 25.2 Å². The van der Waals surface area contributed by atoms with Gasteiger partial charge in [-0.2, -0.15) is 0 Å². The van der Waals surface area contributed by atoms with Crippen LogP contribution in [0.15, 0.2) is 29.2 Å². The van der Waals surface area contributed by atoms with Gasteiger partial charge < -0.3 is 5.11 Å². The highest BCUT2D eigenvalue weighted by Crippen LogP contribution is 2.14. The predicted octanol–water partition coefficient (Wildman–Crippen LogP) is 2.35. The number of rotatable bonds is 6. The molecule has 0 aliphatic rings. The van der Waals surface area contributed by atoms with Crippen molar-refractivity contribution in [3.05, 3.63) is 29.8 Å². The van der Waals surface area contributed by atoms with Crippen molar-refractivity contribution in [1.82, 2.24) is 0 Å². The molecule has 1 aromatic rings. The molecule has 0 spiro atoms. The van der Waals surface area contributed by atoms with Crippen molar-refractivity contribution >= 4 is 15.8 Å². The molecule has 1 aromatic carbocycles. The van der Waals surface area contributed by atoms with Crippen LogP contribution in [0.1, 0.15) is 36.5 Å². The molecule has 0 bridgehead atoms. The summed E-state index contributed by atoms with van der Waals surface area (Å²) < 4.78 is 23.7. The van der Waals surface area contributed by atoms with Crippen molar-refractivity contribution in [2.75, 3.05) is 5.75 Å². The zero-order valence-electron chi connectivity index (χ0n) is 9.72. The fourth-order valence-electron chi connectivity index (χ4n) is 1.46. The van der Waals surface area contributed by atoms with E-state index in [1.807, 2.05) is 6.92 Å². The van der Waals surface area contributed by atoms with E-state index in [-0.39, 0.29) is 16.2 Å². The molecule has 0 fully saturated rings. The maximum atomic E-state index is 11.8. The minimum Gasteiger partial charge on any atom is -0.478 e. The van der Waals surface area contributed by atoms with Gasteiger partial charge in [-0.25, -0.2) is 13.2 Å². The Morgan fingerprint density at radius 3 is 2.24 bits per heavy atom. The molecule has 0 saturated heterocycles. The Morgan fingerprint density at radius 2 is 1.76 bits per heavy atom. The summed E-state index contributed by atoms with van der Waals surface area (Å²) >= 11 is 0. The molecule has 1 N–H and O–H groups in total. The Kier molecular flexibility index (Phi) is 4.69. The van der Waals surface area contributed by atoms with Crippen LogP contribution in [-0.2, 0) is 9.84 Å². The summed E-state index contributed by atoms with van der Waals surface area (Å²) in [5.74, 6) is -0.937. The number of benzene rings is 1. The van der Waals surface area contributed by atoms with Gasteiger partial charge in [0.25, 0.3) is 0 Å². The van der Waals surface area contributed by atoms with Crippen LogP contribution in [0.25, 0.3) is 0 Å². The Morgan fingerprint density at radius 1 is 1.18 bits per heavy atom. The predicted molar refractivity (Wildman–Crippen MR) is 65.0 cm³/mol. The summed E-state index contributed by atoms with van der Waals surface area (Å²) in [6.45, 7) is 2.01. The molecule has 17 heavy (non-hydrogen) atoms. The van der Waals surface area contributed by atoms with E-state index in [1.165, 1.54) is 24.3 Å². The summed E-state index contributed by atoms with van der Waals surface area (Å²) in [5, 5.41) is 8.70. The smallest absolute Gasteiger partial charge is 0.335 e. The lowest BCUT2D eigenvalue weighted by atomic mass is 10.2. The van der Waals surface area contributed by atoms with Crippen LogP contribution in [0.3, 0.4) is 0 Å². The largest absolute Gasteiger partial charge is 0.478 e. The van der Waals surface area contributed by atoms with E-state index in [1.54, 1.807) is 0 Å². The summed E-state index contributed by atoms with van der Waals surface area (Å²) in [6, 6.07) is 5.33. The highest BCUT2D eigenvalue weighted by atomic mass is 32.2. The van der Waals surface area contributed by atoms with Gasteiger partial charge >= 0.3 is 5.97 Å². The van der Waals surface area contributed by atoms with Gasteiger partial charge in [0.05, 0.1) is 16.2 Å². The first-order valence-electron chi connectivity index (χ1n) is 5.53.